The lowest BCUT2D eigenvalue weighted by Crippen LogP contribution is -2.30. The van der Waals surface area contributed by atoms with Gasteiger partial charge in [-0.25, -0.2) is 0 Å². The van der Waals surface area contributed by atoms with Crippen LogP contribution < -0.4 is 5.32 Å². The third-order valence-corrected chi connectivity index (χ3v) is 4.35. The first-order chi connectivity index (χ1) is 12.5. The van der Waals surface area contributed by atoms with Gasteiger partial charge in [-0.1, -0.05) is 48.5 Å². The Morgan fingerprint density at radius 2 is 1.81 bits per heavy atom. The number of para-hydroxylation sites is 1. The first kappa shape index (κ1) is 17.7. The summed E-state index contributed by atoms with van der Waals surface area (Å²) in [4.78, 5) is 23.5. The maximum absolute atomic E-state index is 12.6. The number of nitrogens with zero attached hydrogens (tertiary/aromatic N) is 2. The van der Waals surface area contributed by atoms with Gasteiger partial charge in [0.05, 0.1) is 23.7 Å². The summed E-state index contributed by atoms with van der Waals surface area (Å²) in [6, 6.07) is 16.9. The monoisotopic (exact) mass is 351 g/mol. The van der Waals surface area contributed by atoms with Gasteiger partial charge in [-0.2, -0.15) is 5.10 Å². The lowest BCUT2D eigenvalue weighted by Gasteiger charge is -2.18. The Morgan fingerprint density at radius 3 is 2.54 bits per heavy atom. The Kier molecular flexibility index (Phi) is 5.31. The fraction of sp³-hybridized carbons (Fsp3) is 0.250. The zero-order valence-electron chi connectivity index (χ0n) is 14.6. The Labute approximate surface area is 151 Å². The maximum Gasteiger partial charge on any atom is 0.303 e. The minimum Gasteiger partial charge on any atom is -0.481 e. The van der Waals surface area contributed by atoms with Crippen molar-refractivity contribution < 1.29 is 14.7 Å². The quantitative estimate of drug-likeness (QED) is 0.685. The molecular formula is C20H21N3O3. The molecule has 0 spiro atoms. The minimum atomic E-state index is -0.879. The van der Waals surface area contributed by atoms with Crippen molar-refractivity contribution in [2.24, 2.45) is 7.05 Å². The number of benzene rings is 2. The van der Waals surface area contributed by atoms with E-state index >= 15 is 0 Å². The molecule has 0 saturated carbocycles. The first-order valence-electron chi connectivity index (χ1n) is 8.51. The zero-order chi connectivity index (χ0) is 18.5. The van der Waals surface area contributed by atoms with E-state index in [4.69, 9.17) is 5.11 Å². The molecule has 0 saturated heterocycles. The molecule has 2 aromatic carbocycles. The molecule has 1 unspecified atom stereocenters. The van der Waals surface area contributed by atoms with Crippen molar-refractivity contribution in [3.8, 4) is 0 Å². The highest BCUT2D eigenvalue weighted by atomic mass is 16.4. The molecule has 0 aliphatic carbocycles. The number of carboxylic acids is 1. The van der Waals surface area contributed by atoms with Gasteiger partial charge in [-0.05, 0) is 18.1 Å². The van der Waals surface area contributed by atoms with Crippen LogP contribution in [0, 0.1) is 0 Å². The average molecular weight is 351 g/mol. The average Bonchev–Trinajstić information content (AvgIpc) is 2.95. The van der Waals surface area contributed by atoms with Gasteiger partial charge in [0.15, 0.2) is 0 Å². The smallest absolute Gasteiger partial charge is 0.303 e. The van der Waals surface area contributed by atoms with Gasteiger partial charge in [-0.15, -0.1) is 0 Å². The first-order valence-corrected chi connectivity index (χ1v) is 8.51. The number of aliphatic carboxylic acids is 1. The standard InChI is InChI=1S/C20H21N3O3/c1-23-18-10-6-5-9-15(18)17(22-23)13-19(24)21-16(11-12-20(25)26)14-7-3-2-4-8-14/h2-10,16H,11-13H2,1H3,(H,21,24)(H,25,26). The lowest BCUT2D eigenvalue weighted by molar-refractivity contribution is -0.137. The molecule has 0 fully saturated rings. The Morgan fingerprint density at radius 1 is 1.12 bits per heavy atom. The van der Waals surface area contributed by atoms with Gasteiger partial charge in [0.1, 0.15) is 0 Å². The van der Waals surface area contributed by atoms with Crippen LogP contribution in [0.4, 0.5) is 0 Å². The Balaban J connectivity index is 1.75. The predicted octanol–water partition coefficient (Wildman–Crippen LogP) is 2.84. The van der Waals surface area contributed by atoms with E-state index in [-0.39, 0.29) is 24.8 Å². The van der Waals surface area contributed by atoms with Crippen molar-refractivity contribution in [2.75, 3.05) is 0 Å². The molecule has 3 rings (SSSR count). The normalized spacial score (nSPS) is 12.0. The third kappa shape index (κ3) is 4.08. The number of nitrogens with one attached hydrogen (secondary N) is 1. The number of amides is 1. The van der Waals surface area contributed by atoms with E-state index in [1.54, 1.807) is 4.68 Å². The molecule has 0 radical (unpaired) electrons. The molecule has 6 nitrogen and oxygen atoms in total. The summed E-state index contributed by atoms with van der Waals surface area (Å²) in [6.45, 7) is 0. The number of aryl methyl sites for hydroxylation is 1. The van der Waals surface area contributed by atoms with Crippen molar-refractivity contribution in [3.05, 3.63) is 65.9 Å². The lowest BCUT2D eigenvalue weighted by atomic mass is 10.0. The van der Waals surface area contributed by atoms with E-state index < -0.39 is 5.97 Å². The molecule has 3 aromatic rings. The van der Waals surface area contributed by atoms with Crippen LogP contribution in [-0.2, 0) is 23.1 Å². The van der Waals surface area contributed by atoms with Crippen molar-refractivity contribution in [1.29, 1.82) is 0 Å². The topological polar surface area (TPSA) is 84.2 Å². The van der Waals surface area contributed by atoms with Crippen LogP contribution in [0.25, 0.3) is 10.9 Å². The van der Waals surface area contributed by atoms with Crippen molar-refractivity contribution in [1.82, 2.24) is 15.1 Å². The molecule has 0 bridgehead atoms. The number of fused-ring (bicyclic) bond motifs is 1. The van der Waals surface area contributed by atoms with Crippen molar-refractivity contribution in [3.63, 3.8) is 0 Å². The summed E-state index contributed by atoms with van der Waals surface area (Å²) in [5, 5.41) is 17.3. The van der Waals surface area contributed by atoms with Gasteiger partial charge >= 0.3 is 5.97 Å². The van der Waals surface area contributed by atoms with Crippen LogP contribution in [0.15, 0.2) is 54.6 Å². The number of carbonyl (C=O) groups excluding carboxylic acids is 1. The summed E-state index contributed by atoms with van der Waals surface area (Å²) >= 11 is 0. The summed E-state index contributed by atoms with van der Waals surface area (Å²) in [6.07, 6.45) is 0.484. The highest BCUT2D eigenvalue weighted by Gasteiger charge is 2.18. The maximum atomic E-state index is 12.6. The van der Waals surface area contributed by atoms with Gasteiger partial charge < -0.3 is 10.4 Å². The number of hydrogen-bond acceptors (Lipinski definition) is 3. The molecule has 6 heteroatoms. The summed E-state index contributed by atoms with van der Waals surface area (Å²) in [7, 11) is 1.85. The van der Waals surface area contributed by atoms with Crippen LogP contribution in [0.2, 0.25) is 0 Å². The fourth-order valence-electron chi connectivity index (χ4n) is 3.09. The zero-order valence-corrected chi connectivity index (χ0v) is 14.6. The van der Waals surface area contributed by atoms with Crippen molar-refractivity contribution >= 4 is 22.8 Å². The highest BCUT2D eigenvalue weighted by Crippen LogP contribution is 2.20. The summed E-state index contributed by atoms with van der Waals surface area (Å²) in [5.41, 5.74) is 2.58. The largest absolute Gasteiger partial charge is 0.481 e. The molecule has 1 heterocycles. The van der Waals surface area contributed by atoms with Gasteiger partial charge in [-0.3, -0.25) is 14.3 Å². The molecule has 0 aliphatic heterocycles. The SMILES string of the molecule is Cn1nc(CC(=O)NC(CCC(=O)O)c2ccccc2)c2ccccc21. The highest BCUT2D eigenvalue weighted by molar-refractivity contribution is 5.87. The van der Waals surface area contributed by atoms with E-state index in [0.717, 1.165) is 16.5 Å². The molecule has 2 N–H and O–H groups in total. The second kappa shape index (κ2) is 7.82. The van der Waals surface area contributed by atoms with E-state index in [1.807, 2.05) is 61.6 Å². The molecular weight excluding hydrogens is 330 g/mol. The number of rotatable bonds is 7. The van der Waals surface area contributed by atoms with Crippen LogP contribution in [-0.4, -0.2) is 26.8 Å². The van der Waals surface area contributed by atoms with Gasteiger partial charge in [0, 0.05) is 18.9 Å². The molecule has 1 atom stereocenters. The fourth-order valence-corrected chi connectivity index (χ4v) is 3.09. The molecule has 1 amide bonds. The Hall–Kier alpha value is -3.15. The van der Waals surface area contributed by atoms with E-state index in [2.05, 4.69) is 10.4 Å². The predicted molar refractivity (Wildman–Crippen MR) is 98.6 cm³/mol. The van der Waals surface area contributed by atoms with Crippen LogP contribution in [0.5, 0.6) is 0 Å². The van der Waals surface area contributed by atoms with Crippen molar-refractivity contribution in [2.45, 2.75) is 25.3 Å². The van der Waals surface area contributed by atoms with E-state index in [0.29, 0.717) is 12.1 Å². The number of carbonyl (C=O) groups is 2. The molecule has 0 aliphatic rings. The van der Waals surface area contributed by atoms with Crippen LogP contribution >= 0.6 is 0 Å². The molecule has 134 valence electrons. The third-order valence-electron chi connectivity index (χ3n) is 4.35. The van der Waals surface area contributed by atoms with Gasteiger partial charge in [0.25, 0.3) is 0 Å². The van der Waals surface area contributed by atoms with E-state index in [9.17, 15) is 9.59 Å². The second-order valence-electron chi connectivity index (χ2n) is 6.23. The number of aromatic nitrogens is 2. The number of hydrogen-bond donors (Lipinski definition) is 2. The summed E-state index contributed by atoms with van der Waals surface area (Å²) in [5.74, 6) is -1.05. The Bertz CT molecular complexity index is 918. The molecule has 26 heavy (non-hydrogen) atoms. The summed E-state index contributed by atoms with van der Waals surface area (Å²) < 4.78 is 1.76. The molecule has 1 aromatic heterocycles. The van der Waals surface area contributed by atoms with E-state index in [1.165, 1.54) is 0 Å². The van der Waals surface area contributed by atoms with Crippen LogP contribution in [0.1, 0.15) is 30.1 Å². The van der Waals surface area contributed by atoms with Gasteiger partial charge in [0.2, 0.25) is 5.91 Å². The minimum absolute atomic E-state index is 0.00758. The number of carboxylic acid groups (broad SMARTS) is 1. The van der Waals surface area contributed by atoms with Crippen LogP contribution in [0.3, 0.4) is 0 Å². The second-order valence-corrected chi connectivity index (χ2v) is 6.23.